The molecule has 1 aliphatic heterocycles. The van der Waals surface area contributed by atoms with Gasteiger partial charge >= 0.3 is 6.09 Å². The van der Waals surface area contributed by atoms with Crippen LogP contribution in [0.3, 0.4) is 0 Å². The Labute approximate surface area is 175 Å². The standard InChI is InChI=1S/C21H27N7O2/c1-21(2,3)30-20(29)24-14-8-11-28(12-9-14)19-15-13-23-27(4)18(15)25-17(26-19)16-7-5-6-10-22-16/h5-7,10,13-14H,8-9,11-12H2,1-4H3,(H,24,29). The molecular formula is C21H27N7O2. The maximum absolute atomic E-state index is 12.1. The second kappa shape index (κ2) is 7.89. The van der Waals surface area contributed by atoms with Crippen molar-refractivity contribution in [1.29, 1.82) is 0 Å². The van der Waals surface area contributed by atoms with E-state index >= 15 is 0 Å². The highest BCUT2D eigenvalue weighted by Crippen LogP contribution is 2.28. The fourth-order valence-electron chi connectivity index (χ4n) is 3.57. The predicted octanol–water partition coefficient (Wildman–Crippen LogP) is 2.92. The molecule has 3 aromatic rings. The molecule has 3 aromatic heterocycles. The minimum absolute atomic E-state index is 0.0811. The lowest BCUT2D eigenvalue weighted by Crippen LogP contribution is -2.46. The Balaban J connectivity index is 1.54. The second-order valence-corrected chi connectivity index (χ2v) is 8.50. The summed E-state index contributed by atoms with van der Waals surface area (Å²) in [6.07, 6.45) is 4.79. The highest BCUT2D eigenvalue weighted by molar-refractivity contribution is 5.88. The average Bonchev–Trinajstić information content (AvgIpc) is 3.08. The number of ether oxygens (including phenoxy) is 1. The molecular weight excluding hydrogens is 382 g/mol. The van der Waals surface area contributed by atoms with Crippen LogP contribution in [0.15, 0.2) is 30.6 Å². The summed E-state index contributed by atoms with van der Waals surface area (Å²) < 4.78 is 7.13. The van der Waals surface area contributed by atoms with Crippen molar-refractivity contribution in [2.75, 3.05) is 18.0 Å². The van der Waals surface area contributed by atoms with Crippen LogP contribution >= 0.6 is 0 Å². The van der Waals surface area contributed by atoms with Crippen molar-refractivity contribution in [2.45, 2.75) is 45.3 Å². The number of nitrogens with one attached hydrogen (secondary N) is 1. The van der Waals surface area contributed by atoms with Gasteiger partial charge in [-0.2, -0.15) is 5.10 Å². The van der Waals surface area contributed by atoms with Crippen molar-refractivity contribution in [3.05, 3.63) is 30.6 Å². The van der Waals surface area contributed by atoms with E-state index in [1.54, 1.807) is 17.1 Å². The smallest absolute Gasteiger partial charge is 0.407 e. The largest absolute Gasteiger partial charge is 0.444 e. The van der Waals surface area contributed by atoms with Crippen LogP contribution in [0.1, 0.15) is 33.6 Å². The molecule has 0 bridgehead atoms. The number of amides is 1. The fourth-order valence-corrected chi connectivity index (χ4v) is 3.57. The van der Waals surface area contributed by atoms with E-state index in [9.17, 15) is 4.79 Å². The molecule has 1 saturated heterocycles. The number of fused-ring (bicyclic) bond motifs is 1. The molecule has 1 fully saturated rings. The number of pyridine rings is 1. The number of hydrogen-bond donors (Lipinski definition) is 1. The number of aryl methyl sites for hydroxylation is 1. The van der Waals surface area contributed by atoms with E-state index in [1.807, 2.05) is 46.0 Å². The zero-order valence-corrected chi connectivity index (χ0v) is 17.8. The van der Waals surface area contributed by atoms with Crippen molar-refractivity contribution in [2.24, 2.45) is 7.05 Å². The lowest BCUT2D eigenvalue weighted by Gasteiger charge is -2.33. The van der Waals surface area contributed by atoms with E-state index < -0.39 is 5.60 Å². The quantitative estimate of drug-likeness (QED) is 0.710. The van der Waals surface area contributed by atoms with Gasteiger partial charge in [0.25, 0.3) is 0 Å². The van der Waals surface area contributed by atoms with Gasteiger partial charge in [-0.05, 0) is 45.7 Å². The Hall–Kier alpha value is -3.23. The van der Waals surface area contributed by atoms with Gasteiger partial charge in [0.2, 0.25) is 0 Å². The molecule has 1 amide bonds. The first-order chi connectivity index (χ1) is 14.3. The zero-order valence-electron chi connectivity index (χ0n) is 17.8. The summed E-state index contributed by atoms with van der Waals surface area (Å²) in [6, 6.07) is 5.78. The van der Waals surface area contributed by atoms with Gasteiger partial charge in [0.05, 0.1) is 11.6 Å². The molecule has 0 aliphatic carbocycles. The second-order valence-electron chi connectivity index (χ2n) is 8.50. The van der Waals surface area contributed by atoms with Crippen molar-refractivity contribution in [1.82, 2.24) is 30.0 Å². The Bertz CT molecular complexity index is 1030. The highest BCUT2D eigenvalue weighted by Gasteiger charge is 2.26. The SMILES string of the molecule is Cn1ncc2c(N3CCC(NC(=O)OC(C)(C)C)CC3)nc(-c3ccccn3)nc21. The Morgan fingerprint density at radius 1 is 1.20 bits per heavy atom. The number of rotatable bonds is 3. The lowest BCUT2D eigenvalue weighted by molar-refractivity contribution is 0.0497. The van der Waals surface area contributed by atoms with Crippen LogP contribution in [0.25, 0.3) is 22.6 Å². The summed E-state index contributed by atoms with van der Waals surface area (Å²) in [7, 11) is 1.87. The molecule has 0 atom stereocenters. The monoisotopic (exact) mass is 409 g/mol. The summed E-state index contributed by atoms with van der Waals surface area (Å²) in [4.78, 5) is 28.2. The molecule has 0 unspecified atom stereocenters. The third-order valence-electron chi connectivity index (χ3n) is 4.98. The van der Waals surface area contributed by atoms with Gasteiger partial charge in [-0.3, -0.25) is 9.67 Å². The number of nitrogens with zero attached hydrogens (tertiary/aromatic N) is 6. The molecule has 9 heteroatoms. The van der Waals surface area contributed by atoms with Crippen LogP contribution in [0.4, 0.5) is 10.6 Å². The maximum Gasteiger partial charge on any atom is 0.407 e. The van der Waals surface area contributed by atoms with Crippen LogP contribution in [0, 0.1) is 0 Å². The van der Waals surface area contributed by atoms with Crippen LogP contribution < -0.4 is 10.2 Å². The average molecular weight is 409 g/mol. The third-order valence-corrected chi connectivity index (χ3v) is 4.98. The highest BCUT2D eigenvalue weighted by atomic mass is 16.6. The van der Waals surface area contributed by atoms with E-state index in [2.05, 4.69) is 25.3 Å². The van der Waals surface area contributed by atoms with E-state index in [0.717, 1.165) is 48.5 Å². The molecule has 0 radical (unpaired) electrons. The minimum atomic E-state index is -0.500. The number of anilines is 1. The van der Waals surface area contributed by atoms with Crippen molar-refractivity contribution >= 4 is 22.9 Å². The van der Waals surface area contributed by atoms with Crippen LogP contribution in [-0.2, 0) is 11.8 Å². The van der Waals surface area contributed by atoms with Crippen LogP contribution in [-0.4, -0.2) is 55.6 Å². The van der Waals surface area contributed by atoms with E-state index in [0.29, 0.717) is 5.82 Å². The number of carbonyl (C=O) groups is 1. The molecule has 4 rings (SSSR count). The molecule has 158 valence electrons. The van der Waals surface area contributed by atoms with E-state index in [-0.39, 0.29) is 12.1 Å². The molecule has 30 heavy (non-hydrogen) atoms. The molecule has 4 heterocycles. The minimum Gasteiger partial charge on any atom is -0.444 e. The van der Waals surface area contributed by atoms with Gasteiger partial charge in [0.15, 0.2) is 11.5 Å². The third kappa shape index (κ3) is 4.34. The summed E-state index contributed by atoms with van der Waals surface area (Å²) in [5.74, 6) is 1.43. The Morgan fingerprint density at radius 2 is 1.97 bits per heavy atom. The first-order valence-corrected chi connectivity index (χ1v) is 10.2. The van der Waals surface area contributed by atoms with Crippen molar-refractivity contribution in [3.63, 3.8) is 0 Å². The van der Waals surface area contributed by atoms with Gasteiger partial charge in [0, 0.05) is 32.4 Å². The van der Waals surface area contributed by atoms with E-state index in [4.69, 9.17) is 9.72 Å². The van der Waals surface area contributed by atoms with Crippen LogP contribution in [0.2, 0.25) is 0 Å². The van der Waals surface area contributed by atoms with Gasteiger partial charge in [-0.15, -0.1) is 0 Å². The maximum atomic E-state index is 12.1. The van der Waals surface area contributed by atoms with Crippen molar-refractivity contribution in [3.8, 4) is 11.5 Å². The van der Waals surface area contributed by atoms with Gasteiger partial charge in [-0.25, -0.2) is 14.8 Å². The number of aromatic nitrogens is 5. The molecule has 9 nitrogen and oxygen atoms in total. The number of piperidine rings is 1. The first-order valence-electron chi connectivity index (χ1n) is 10.2. The van der Waals surface area contributed by atoms with Crippen LogP contribution in [0.5, 0.6) is 0 Å². The summed E-state index contributed by atoms with van der Waals surface area (Å²) in [5, 5.41) is 8.26. The summed E-state index contributed by atoms with van der Waals surface area (Å²) >= 11 is 0. The molecule has 0 spiro atoms. The number of hydrogen-bond acceptors (Lipinski definition) is 7. The zero-order chi connectivity index (χ0) is 21.3. The predicted molar refractivity (Wildman–Crippen MR) is 114 cm³/mol. The first kappa shape index (κ1) is 20.1. The Kier molecular flexibility index (Phi) is 5.27. The number of alkyl carbamates (subject to hydrolysis) is 1. The molecule has 1 N–H and O–H groups in total. The molecule has 0 aromatic carbocycles. The summed E-state index contributed by atoms with van der Waals surface area (Å²) in [6.45, 7) is 7.13. The van der Waals surface area contributed by atoms with Crippen molar-refractivity contribution < 1.29 is 9.53 Å². The molecule has 0 saturated carbocycles. The topological polar surface area (TPSA) is 98.1 Å². The van der Waals surface area contributed by atoms with Gasteiger partial charge in [0.1, 0.15) is 17.1 Å². The van der Waals surface area contributed by atoms with E-state index in [1.165, 1.54) is 0 Å². The Morgan fingerprint density at radius 3 is 2.63 bits per heavy atom. The lowest BCUT2D eigenvalue weighted by atomic mass is 10.1. The van der Waals surface area contributed by atoms with Gasteiger partial charge in [-0.1, -0.05) is 6.07 Å². The number of carbonyl (C=O) groups excluding carboxylic acids is 1. The molecule has 1 aliphatic rings. The fraction of sp³-hybridized carbons (Fsp3) is 0.476. The summed E-state index contributed by atoms with van der Waals surface area (Å²) in [5.41, 5.74) is 0.998. The normalized spacial score (nSPS) is 15.4. The van der Waals surface area contributed by atoms with Gasteiger partial charge < -0.3 is 15.0 Å².